The second-order valence-corrected chi connectivity index (χ2v) is 7.04. The van der Waals surface area contributed by atoms with Gasteiger partial charge in [-0.25, -0.2) is 0 Å². The van der Waals surface area contributed by atoms with Gasteiger partial charge in [0.05, 0.1) is 11.7 Å². The molecule has 3 fully saturated rings. The van der Waals surface area contributed by atoms with Crippen LogP contribution in [0.2, 0.25) is 0 Å². The molecule has 2 unspecified atom stereocenters. The summed E-state index contributed by atoms with van der Waals surface area (Å²) in [7, 11) is 2.26. The van der Waals surface area contributed by atoms with Gasteiger partial charge in [-0.3, -0.25) is 0 Å². The summed E-state index contributed by atoms with van der Waals surface area (Å²) < 4.78 is 6.46. The maximum absolute atomic E-state index is 6.46. The Morgan fingerprint density at radius 2 is 1.89 bits per heavy atom. The van der Waals surface area contributed by atoms with Crippen LogP contribution in [0.5, 0.6) is 0 Å². The molecule has 110 valence electrons. The quantitative estimate of drug-likeness (QED) is 0.846. The standard InChI is InChI=1S/C16H30N2O/c1-18(12-14-6-5-11-17-14)13-15-7-10-16(19-15)8-3-2-4-9-16/h14-15,17H,2-13H2,1H3. The highest BCUT2D eigenvalue weighted by atomic mass is 16.5. The van der Waals surface area contributed by atoms with Crippen LogP contribution in [0.3, 0.4) is 0 Å². The summed E-state index contributed by atoms with van der Waals surface area (Å²) in [6.45, 7) is 3.52. The van der Waals surface area contributed by atoms with Crippen LogP contribution in [-0.4, -0.2) is 49.3 Å². The zero-order valence-electron chi connectivity index (χ0n) is 12.5. The molecule has 1 spiro atoms. The minimum atomic E-state index is 0.287. The molecule has 3 rings (SSSR count). The van der Waals surface area contributed by atoms with Gasteiger partial charge in [-0.05, 0) is 52.1 Å². The lowest BCUT2D eigenvalue weighted by atomic mass is 9.83. The molecule has 2 saturated heterocycles. The van der Waals surface area contributed by atoms with Crippen molar-refractivity contribution in [2.24, 2.45) is 0 Å². The van der Waals surface area contributed by atoms with Gasteiger partial charge in [0.2, 0.25) is 0 Å². The third-order valence-electron chi connectivity index (χ3n) is 5.31. The average molecular weight is 266 g/mol. The zero-order valence-corrected chi connectivity index (χ0v) is 12.5. The summed E-state index contributed by atoms with van der Waals surface area (Å²) >= 11 is 0. The van der Waals surface area contributed by atoms with E-state index in [1.54, 1.807) is 0 Å². The van der Waals surface area contributed by atoms with Crippen LogP contribution >= 0.6 is 0 Å². The molecule has 3 nitrogen and oxygen atoms in total. The van der Waals surface area contributed by atoms with Gasteiger partial charge in [0.25, 0.3) is 0 Å². The topological polar surface area (TPSA) is 24.5 Å². The summed E-state index contributed by atoms with van der Waals surface area (Å²) in [5.41, 5.74) is 0.287. The number of likely N-dealkylation sites (N-methyl/N-ethyl adjacent to an activating group) is 1. The molecule has 0 bridgehead atoms. The van der Waals surface area contributed by atoms with Crippen molar-refractivity contribution in [3.05, 3.63) is 0 Å². The van der Waals surface area contributed by atoms with Crippen molar-refractivity contribution in [3.8, 4) is 0 Å². The highest BCUT2D eigenvalue weighted by molar-refractivity contribution is 4.92. The van der Waals surface area contributed by atoms with Crippen LogP contribution < -0.4 is 5.32 Å². The van der Waals surface area contributed by atoms with Gasteiger partial charge in [-0.2, -0.15) is 0 Å². The van der Waals surface area contributed by atoms with Crippen LogP contribution in [0.4, 0.5) is 0 Å². The maximum atomic E-state index is 6.46. The second-order valence-electron chi connectivity index (χ2n) is 7.04. The van der Waals surface area contributed by atoms with E-state index in [1.165, 1.54) is 70.9 Å². The first-order valence-corrected chi connectivity index (χ1v) is 8.36. The lowest BCUT2D eigenvalue weighted by Crippen LogP contribution is -2.40. The van der Waals surface area contributed by atoms with E-state index >= 15 is 0 Å². The van der Waals surface area contributed by atoms with Crippen molar-refractivity contribution in [2.45, 2.75) is 75.5 Å². The summed E-state index contributed by atoms with van der Waals surface area (Å²) in [4.78, 5) is 2.48. The van der Waals surface area contributed by atoms with Crippen LogP contribution in [0.15, 0.2) is 0 Å². The number of hydrogen-bond acceptors (Lipinski definition) is 3. The molecule has 19 heavy (non-hydrogen) atoms. The molecule has 3 aliphatic rings. The Labute approximate surface area is 118 Å². The van der Waals surface area contributed by atoms with E-state index in [-0.39, 0.29) is 5.60 Å². The van der Waals surface area contributed by atoms with Crippen molar-refractivity contribution in [3.63, 3.8) is 0 Å². The summed E-state index contributed by atoms with van der Waals surface area (Å²) in [6, 6.07) is 0.718. The maximum Gasteiger partial charge on any atom is 0.0710 e. The van der Waals surface area contributed by atoms with Crippen molar-refractivity contribution >= 4 is 0 Å². The average Bonchev–Trinajstić information content (AvgIpc) is 3.02. The first-order chi connectivity index (χ1) is 9.26. The van der Waals surface area contributed by atoms with E-state index in [0.29, 0.717) is 6.10 Å². The first-order valence-electron chi connectivity index (χ1n) is 8.36. The number of nitrogens with one attached hydrogen (secondary N) is 1. The molecule has 2 aliphatic heterocycles. The highest BCUT2D eigenvalue weighted by Gasteiger charge is 2.40. The number of rotatable bonds is 4. The van der Waals surface area contributed by atoms with E-state index in [4.69, 9.17) is 4.74 Å². The molecule has 1 aliphatic carbocycles. The Balaban J connectivity index is 1.43. The molecule has 2 atom stereocenters. The van der Waals surface area contributed by atoms with Gasteiger partial charge in [-0.1, -0.05) is 19.3 Å². The third kappa shape index (κ3) is 3.50. The van der Waals surface area contributed by atoms with Gasteiger partial charge < -0.3 is 15.0 Å². The molecule has 0 aromatic heterocycles. The van der Waals surface area contributed by atoms with Crippen LogP contribution in [0.25, 0.3) is 0 Å². The Hall–Kier alpha value is -0.120. The SMILES string of the molecule is CN(CC1CCCN1)CC1CCC2(CCCCC2)O1. The van der Waals surface area contributed by atoms with Crippen LogP contribution in [0, 0.1) is 0 Å². The van der Waals surface area contributed by atoms with Gasteiger partial charge >= 0.3 is 0 Å². The summed E-state index contributed by atoms with van der Waals surface area (Å²) in [5.74, 6) is 0. The molecule has 3 heteroatoms. The number of nitrogens with zero attached hydrogens (tertiary/aromatic N) is 1. The lowest BCUT2D eigenvalue weighted by molar-refractivity contribution is -0.0704. The minimum Gasteiger partial charge on any atom is -0.370 e. The van der Waals surface area contributed by atoms with E-state index in [0.717, 1.165) is 12.6 Å². The van der Waals surface area contributed by atoms with Crippen LogP contribution in [-0.2, 0) is 4.74 Å². The fourth-order valence-corrected chi connectivity index (χ4v) is 4.30. The Morgan fingerprint density at radius 3 is 2.63 bits per heavy atom. The van der Waals surface area contributed by atoms with Gasteiger partial charge in [0.1, 0.15) is 0 Å². The lowest BCUT2D eigenvalue weighted by Gasteiger charge is -2.34. The van der Waals surface area contributed by atoms with E-state index < -0.39 is 0 Å². The molecule has 0 radical (unpaired) electrons. The first kappa shape index (κ1) is 13.8. The molecule has 2 heterocycles. The fraction of sp³-hybridized carbons (Fsp3) is 1.00. The highest BCUT2D eigenvalue weighted by Crippen LogP contribution is 2.41. The largest absolute Gasteiger partial charge is 0.370 e. The summed E-state index contributed by atoms with van der Waals surface area (Å²) in [6.07, 6.45) is 12.6. The number of ether oxygens (including phenoxy) is 1. The second kappa shape index (κ2) is 6.11. The zero-order chi connectivity index (χ0) is 13.1. The van der Waals surface area contributed by atoms with Crippen molar-refractivity contribution in [1.29, 1.82) is 0 Å². The van der Waals surface area contributed by atoms with Crippen molar-refractivity contribution in [1.82, 2.24) is 10.2 Å². The molecular weight excluding hydrogens is 236 g/mol. The van der Waals surface area contributed by atoms with Gasteiger partial charge in [0.15, 0.2) is 0 Å². The molecule has 0 aromatic carbocycles. The van der Waals surface area contributed by atoms with Crippen molar-refractivity contribution < 1.29 is 4.74 Å². The Morgan fingerprint density at radius 1 is 1.05 bits per heavy atom. The van der Waals surface area contributed by atoms with E-state index in [9.17, 15) is 0 Å². The molecule has 1 N–H and O–H groups in total. The molecule has 1 saturated carbocycles. The third-order valence-corrected chi connectivity index (χ3v) is 5.31. The normalized spacial score (nSPS) is 34.4. The predicted molar refractivity (Wildman–Crippen MR) is 78.4 cm³/mol. The number of hydrogen-bond donors (Lipinski definition) is 1. The smallest absolute Gasteiger partial charge is 0.0710 e. The Bertz CT molecular complexity index is 282. The molecular formula is C16H30N2O. The molecule has 0 amide bonds. The van der Waals surface area contributed by atoms with Gasteiger partial charge in [0, 0.05) is 19.1 Å². The van der Waals surface area contributed by atoms with E-state index in [2.05, 4.69) is 17.3 Å². The minimum absolute atomic E-state index is 0.287. The monoisotopic (exact) mass is 266 g/mol. The predicted octanol–water partition coefficient (Wildman–Crippen LogP) is 2.55. The fourth-order valence-electron chi connectivity index (χ4n) is 4.30. The van der Waals surface area contributed by atoms with Crippen molar-refractivity contribution in [2.75, 3.05) is 26.7 Å². The van der Waals surface area contributed by atoms with Gasteiger partial charge in [-0.15, -0.1) is 0 Å². The van der Waals surface area contributed by atoms with Crippen LogP contribution in [0.1, 0.15) is 57.8 Å². The molecule has 0 aromatic rings. The summed E-state index contributed by atoms with van der Waals surface area (Å²) in [5, 5.41) is 3.59. The Kier molecular flexibility index (Phi) is 4.45. The van der Waals surface area contributed by atoms with E-state index in [1.807, 2.05) is 0 Å².